The average Bonchev–Trinajstić information content (AvgIpc) is 4.11. The van der Waals surface area contributed by atoms with Gasteiger partial charge in [0, 0.05) is 43.0 Å². The maximum absolute atomic E-state index is 14.1. The Morgan fingerprint density at radius 2 is 1.54 bits per heavy atom. The predicted molar refractivity (Wildman–Crippen MR) is 234 cm³/mol. The number of carbonyl (C=O) groups is 4. The van der Waals surface area contributed by atoms with Crippen molar-refractivity contribution in [2.24, 2.45) is 23.7 Å². The zero-order chi connectivity index (χ0) is 46.3. The van der Waals surface area contributed by atoms with Gasteiger partial charge < -0.3 is 54.5 Å². The van der Waals surface area contributed by atoms with Gasteiger partial charge in [-0.25, -0.2) is 19.6 Å². The molecule has 4 amide bonds. The lowest BCUT2D eigenvalue weighted by Crippen LogP contribution is -2.51. The van der Waals surface area contributed by atoms with Crippen LogP contribution in [0.3, 0.4) is 0 Å². The maximum Gasteiger partial charge on any atom is 0.407 e. The number of aromatic amines is 2. The Hall–Kier alpha value is -6.34. The molecule has 2 fully saturated rings. The summed E-state index contributed by atoms with van der Waals surface area (Å²) in [5.74, 6) is 0.158. The van der Waals surface area contributed by atoms with Gasteiger partial charge in [0.05, 0.1) is 55.3 Å². The maximum atomic E-state index is 14.1. The number of likely N-dealkylation sites (tertiary alicyclic amines) is 2. The minimum atomic E-state index is -2.95. The van der Waals surface area contributed by atoms with Crippen molar-refractivity contribution >= 4 is 45.8 Å². The molecule has 0 radical (unpaired) electrons. The van der Waals surface area contributed by atoms with Crippen LogP contribution >= 0.6 is 0 Å². The number of amides is 4. The molecule has 0 spiro atoms. The van der Waals surface area contributed by atoms with Crippen molar-refractivity contribution in [3.63, 3.8) is 0 Å². The molecular weight excluding hydrogens is 847 g/mol. The number of halogens is 2. The van der Waals surface area contributed by atoms with Crippen molar-refractivity contribution in [3.8, 4) is 28.1 Å². The van der Waals surface area contributed by atoms with E-state index >= 15 is 0 Å². The number of H-pyrrole nitrogens is 2. The SMILES string of the molecule is COC[C@H]1C[C@@H](c2ncc(-c3ccc4c(c3)COc3cc5c(ccc6[nH]c([C@@H]7C[C@H](COC(F)F)CN7C(=O)[C@@H](NC(=O)OC)C(C)C)nc65)cc3-4)[nH]2)N(C(=O)[C@@H](NC(=O)O)C(C)C)C1. The molecule has 5 aromatic rings. The van der Waals surface area contributed by atoms with Gasteiger partial charge in [0.2, 0.25) is 11.8 Å². The largest absolute Gasteiger partial charge is 0.488 e. The number of alkyl carbamates (subject to hydrolysis) is 1. The molecular formula is C46H54F2N8O9. The van der Waals surface area contributed by atoms with Gasteiger partial charge in [-0.2, -0.15) is 8.78 Å². The van der Waals surface area contributed by atoms with Crippen molar-refractivity contribution in [2.75, 3.05) is 40.5 Å². The van der Waals surface area contributed by atoms with Crippen molar-refractivity contribution < 1.29 is 52.0 Å². The van der Waals surface area contributed by atoms with Crippen LogP contribution in [-0.2, 0) is 30.4 Å². The number of alkyl halides is 2. The van der Waals surface area contributed by atoms with E-state index in [2.05, 4.69) is 37.5 Å². The van der Waals surface area contributed by atoms with Gasteiger partial charge in [-0.15, -0.1) is 0 Å². The second kappa shape index (κ2) is 18.6. The van der Waals surface area contributed by atoms with Gasteiger partial charge in [-0.05, 0) is 71.0 Å². The molecule has 3 aliphatic rings. The molecule has 2 saturated heterocycles. The molecule has 0 saturated carbocycles. The van der Waals surface area contributed by atoms with Crippen LogP contribution in [0.5, 0.6) is 5.75 Å². The van der Waals surface area contributed by atoms with Gasteiger partial charge in [0.25, 0.3) is 0 Å². The fraction of sp³-hybridized carbons (Fsp3) is 0.478. The Morgan fingerprint density at radius 1 is 0.862 bits per heavy atom. The van der Waals surface area contributed by atoms with Crippen LogP contribution in [0.15, 0.2) is 48.7 Å². The lowest BCUT2D eigenvalue weighted by Gasteiger charge is -2.30. The molecule has 2 aromatic heterocycles. The summed E-state index contributed by atoms with van der Waals surface area (Å²) in [5, 5.41) is 16.2. The van der Waals surface area contributed by atoms with Crippen molar-refractivity contribution in [3.05, 3.63) is 65.9 Å². The molecule has 5 N–H and O–H groups in total. The Kier molecular flexibility index (Phi) is 13.0. The fourth-order valence-electron chi connectivity index (χ4n) is 9.52. The van der Waals surface area contributed by atoms with Crippen LogP contribution in [0.1, 0.15) is 69.8 Å². The lowest BCUT2D eigenvalue weighted by atomic mass is 9.92. The van der Waals surface area contributed by atoms with Crippen LogP contribution in [0.4, 0.5) is 18.4 Å². The van der Waals surface area contributed by atoms with Crippen LogP contribution in [0.2, 0.25) is 0 Å². The smallest absolute Gasteiger partial charge is 0.407 e. The molecule has 346 valence electrons. The summed E-state index contributed by atoms with van der Waals surface area (Å²) in [6.07, 6.45) is 0.650. The molecule has 19 heteroatoms. The number of fused-ring (bicyclic) bond motifs is 6. The first-order chi connectivity index (χ1) is 31.1. The standard InChI is InChI=1S/C46H54F2N8O9/c1-22(2)37(53-45(59)60)42(57)55-17-24(19-62-5)11-34(55)40-49-16-33(51-40)27-7-9-29-28(13-27)21-64-36-15-30-26(14-31(29)36)8-10-32-39(30)52-41(50-32)35-12-25(20-65-44(47)48)18-56(35)43(58)38(23(3)4)54-46(61)63-6/h7-10,13-16,22-25,34-35,37-38,44,53H,11-12,17-21H2,1-6H3,(H,49,51)(H,50,52)(H,54,61)(H,59,60)/t24-,25-,34-,35-,37-,38-/m0/s1. The monoisotopic (exact) mass is 900 g/mol. The number of ether oxygens (including phenoxy) is 4. The number of hydrogen-bond acceptors (Lipinski definition) is 10. The first-order valence-electron chi connectivity index (χ1n) is 21.7. The first kappa shape index (κ1) is 45.2. The van der Waals surface area contributed by atoms with E-state index in [0.29, 0.717) is 55.5 Å². The van der Waals surface area contributed by atoms with E-state index in [1.54, 1.807) is 50.8 Å². The summed E-state index contributed by atoms with van der Waals surface area (Å²) in [4.78, 5) is 71.5. The molecule has 3 aromatic carbocycles. The fourth-order valence-corrected chi connectivity index (χ4v) is 9.52. The topological polar surface area (TPSA) is 213 Å². The normalized spacial score (nSPS) is 20.3. The number of benzene rings is 3. The van der Waals surface area contributed by atoms with E-state index in [1.807, 2.05) is 30.3 Å². The summed E-state index contributed by atoms with van der Waals surface area (Å²) < 4.78 is 47.5. The van der Waals surface area contributed by atoms with E-state index < -0.39 is 48.9 Å². The van der Waals surface area contributed by atoms with Crippen molar-refractivity contribution in [1.82, 2.24) is 40.4 Å². The van der Waals surface area contributed by atoms with Crippen LogP contribution < -0.4 is 15.4 Å². The van der Waals surface area contributed by atoms with Crippen molar-refractivity contribution in [2.45, 2.75) is 77.9 Å². The summed E-state index contributed by atoms with van der Waals surface area (Å²) in [6.45, 7) is 5.29. The first-order valence-corrected chi connectivity index (χ1v) is 21.7. The number of carbonyl (C=O) groups excluding carboxylic acids is 3. The number of imidazole rings is 2. The molecule has 3 aliphatic heterocycles. The van der Waals surface area contributed by atoms with Gasteiger partial charge >= 0.3 is 18.8 Å². The number of nitrogens with one attached hydrogen (secondary N) is 4. The van der Waals surface area contributed by atoms with Crippen LogP contribution in [0.25, 0.3) is 44.2 Å². The Bertz CT molecular complexity index is 2600. The number of hydrogen-bond donors (Lipinski definition) is 5. The van der Waals surface area contributed by atoms with Crippen LogP contribution in [0, 0.1) is 23.7 Å². The number of methoxy groups -OCH3 is 2. The highest BCUT2D eigenvalue weighted by Gasteiger charge is 2.43. The number of rotatable bonds is 14. The summed E-state index contributed by atoms with van der Waals surface area (Å²) in [6, 6.07) is 11.2. The quantitative estimate of drug-likeness (QED) is 0.0765. The minimum Gasteiger partial charge on any atom is -0.488 e. The van der Waals surface area contributed by atoms with E-state index in [9.17, 15) is 33.1 Å². The second-order valence-corrected chi connectivity index (χ2v) is 17.8. The molecule has 17 nitrogen and oxygen atoms in total. The Labute approximate surface area is 373 Å². The second-order valence-electron chi connectivity index (χ2n) is 17.8. The van der Waals surface area contributed by atoms with E-state index in [0.717, 1.165) is 44.2 Å². The lowest BCUT2D eigenvalue weighted by molar-refractivity contribution is -0.139. The highest BCUT2D eigenvalue weighted by molar-refractivity contribution is 6.07. The molecule has 0 unspecified atom stereocenters. The molecule has 65 heavy (non-hydrogen) atoms. The third-order valence-corrected chi connectivity index (χ3v) is 12.7. The average molecular weight is 901 g/mol. The zero-order valence-electron chi connectivity index (χ0n) is 37.0. The van der Waals surface area contributed by atoms with Gasteiger partial charge in [0.1, 0.15) is 36.1 Å². The Morgan fingerprint density at radius 3 is 2.18 bits per heavy atom. The highest BCUT2D eigenvalue weighted by atomic mass is 19.3. The van der Waals surface area contributed by atoms with Crippen LogP contribution in [-0.4, -0.2) is 118 Å². The third-order valence-electron chi connectivity index (χ3n) is 12.7. The minimum absolute atomic E-state index is 0.0488. The molecule has 0 aliphatic carbocycles. The van der Waals surface area contributed by atoms with E-state index in [1.165, 1.54) is 7.11 Å². The van der Waals surface area contributed by atoms with Gasteiger partial charge in [-0.3, -0.25) is 9.59 Å². The number of aromatic nitrogens is 4. The molecule has 0 bridgehead atoms. The molecule has 5 heterocycles. The van der Waals surface area contributed by atoms with Gasteiger partial charge in [-0.1, -0.05) is 45.9 Å². The van der Waals surface area contributed by atoms with Gasteiger partial charge in [0.15, 0.2) is 0 Å². The van der Waals surface area contributed by atoms with E-state index in [-0.39, 0.29) is 42.7 Å². The number of nitrogens with zero attached hydrogens (tertiary/aromatic N) is 4. The molecule has 6 atom stereocenters. The number of carboxylic acid groups (broad SMARTS) is 1. The Balaban J connectivity index is 1.06. The van der Waals surface area contributed by atoms with E-state index in [4.69, 9.17) is 24.2 Å². The summed E-state index contributed by atoms with van der Waals surface area (Å²) in [7, 11) is 2.83. The summed E-state index contributed by atoms with van der Waals surface area (Å²) in [5.41, 5.74) is 5.86. The summed E-state index contributed by atoms with van der Waals surface area (Å²) >= 11 is 0. The van der Waals surface area contributed by atoms with Crippen molar-refractivity contribution in [1.29, 1.82) is 0 Å². The highest BCUT2D eigenvalue weighted by Crippen LogP contribution is 2.44. The third kappa shape index (κ3) is 9.16. The molecule has 8 rings (SSSR count). The zero-order valence-corrected chi connectivity index (χ0v) is 37.0. The predicted octanol–water partition coefficient (Wildman–Crippen LogP) is 7.00.